The van der Waals surface area contributed by atoms with Crippen LogP contribution in [0, 0.1) is 13.8 Å². The first kappa shape index (κ1) is 30.7. The van der Waals surface area contributed by atoms with Crippen LogP contribution in [0.15, 0.2) is 107 Å². The Morgan fingerprint density at radius 3 is 2.49 bits per heavy atom. The maximum Gasteiger partial charge on any atom is 0.301 e. The number of ketones is 1. The van der Waals surface area contributed by atoms with E-state index in [4.69, 9.17) is 16.3 Å². The number of Topliss-reactive ketones (excluding diaryl/α,β-unsaturated/α-hetero) is 1. The lowest BCUT2D eigenvalue weighted by atomic mass is 9.96. The lowest BCUT2D eigenvalue weighted by Gasteiger charge is -2.23. The highest BCUT2D eigenvalue weighted by molar-refractivity contribution is 8.00. The second kappa shape index (κ2) is 12.7. The Balaban J connectivity index is 1.32. The molecule has 0 radical (unpaired) electrons. The number of carbonyl (C=O) groups excluding carboxylic acids is 2. The van der Waals surface area contributed by atoms with Crippen LogP contribution in [-0.2, 0) is 15.3 Å². The Labute approximate surface area is 283 Å². The van der Waals surface area contributed by atoms with Crippen molar-refractivity contribution in [1.82, 2.24) is 19.6 Å². The van der Waals surface area contributed by atoms with Gasteiger partial charge in [-0.15, -0.1) is 10.2 Å². The molecule has 3 aromatic carbocycles. The summed E-state index contributed by atoms with van der Waals surface area (Å²) in [5.74, 6) is -0.308. The molecule has 7 rings (SSSR count). The van der Waals surface area contributed by atoms with Gasteiger partial charge in [-0.2, -0.15) is 0 Å². The highest BCUT2D eigenvalue weighted by atomic mass is 35.5. The first-order chi connectivity index (χ1) is 22.8. The number of carbonyl (C=O) groups is 2. The summed E-state index contributed by atoms with van der Waals surface area (Å²) in [6, 6.07) is 26.7. The molecular weight excluding hydrogens is 654 g/mol. The van der Waals surface area contributed by atoms with Gasteiger partial charge in [-0.05, 0) is 73.0 Å². The predicted octanol–water partition coefficient (Wildman–Crippen LogP) is 8.17. The number of aliphatic hydroxyl groups is 1. The van der Waals surface area contributed by atoms with E-state index < -0.39 is 17.7 Å². The highest BCUT2D eigenvalue weighted by Crippen LogP contribution is 2.45. The SMILES string of the molecule is Cc1cccn2c(C)c(/C(O)=C3\C(=O)C(=O)N(c4nnc(SCc5ccc(Cl)cc5)s4)C3c3cccc(Oc4ccccc4)c3)nc12. The van der Waals surface area contributed by atoms with E-state index in [2.05, 4.69) is 15.2 Å². The molecule has 9 nitrogen and oxygen atoms in total. The van der Waals surface area contributed by atoms with E-state index >= 15 is 0 Å². The summed E-state index contributed by atoms with van der Waals surface area (Å²) in [5, 5.41) is 21.4. The number of pyridine rings is 1. The third kappa shape index (κ3) is 5.89. The van der Waals surface area contributed by atoms with Crippen LogP contribution in [0.3, 0.4) is 0 Å². The molecule has 1 unspecified atom stereocenters. The van der Waals surface area contributed by atoms with Gasteiger partial charge in [-0.3, -0.25) is 14.5 Å². The number of ether oxygens (including phenoxy) is 1. The summed E-state index contributed by atoms with van der Waals surface area (Å²) >= 11 is 8.68. The fourth-order valence-electron chi connectivity index (χ4n) is 5.48. The molecule has 0 bridgehead atoms. The number of rotatable bonds is 8. The number of aliphatic hydroxyl groups excluding tert-OH is 1. The number of hydrogen-bond acceptors (Lipinski definition) is 9. The van der Waals surface area contributed by atoms with Crippen molar-refractivity contribution in [2.45, 2.75) is 30.0 Å². The van der Waals surface area contributed by atoms with Gasteiger partial charge in [0.05, 0.1) is 17.3 Å². The van der Waals surface area contributed by atoms with E-state index in [1.807, 2.05) is 91.2 Å². The standard InChI is InChI=1S/C35H26ClN5O4S2/c1-20-8-7-17-40-21(2)28(37-32(20)40)30(42)27-29(23-9-6-12-26(18-23)45-25-10-4-3-5-11-25)41(33(44)31(27)43)34-38-39-35(47-34)46-19-22-13-15-24(36)16-14-22/h3-18,29,42H,19H2,1-2H3/b30-27+. The zero-order valence-electron chi connectivity index (χ0n) is 25.1. The Morgan fingerprint density at radius 2 is 1.72 bits per heavy atom. The van der Waals surface area contributed by atoms with Gasteiger partial charge in [0.1, 0.15) is 22.8 Å². The molecule has 1 aliphatic heterocycles. The zero-order valence-corrected chi connectivity index (χ0v) is 27.5. The van der Waals surface area contributed by atoms with Gasteiger partial charge in [0.2, 0.25) is 5.13 Å². The van der Waals surface area contributed by atoms with Crippen LogP contribution in [0.5, 0.6) is 11.5 Å². The molecule has 1 atom stereocenters. The largest absolute Gasteiger partial charge is 0.505 e. The number of thioether (sulfide) groups is 1. The number of amides is 1. The van der Waals surface area contributed by atoms with Gasteiger partial charge < -0.3 is 14.2 Å². The van der Waals surface area contributed by atoms with Crippen molar-refractivity contribution >= 4 is 62.9 Å². The van der Waals surface area contributed by atoms with E-state index in [-0.39, 0.29) is 22.2 Å². The molecule has 12 heteroatoms. The topological polar surface area (TPSA) is 110 Å². The minimum Gasteiger partial charge on any atom is -0.505 e. The number of halogens is 1. The molecule has 234 valence electrons. The maximum absolute atomic E-state index is 13.9. The van der Waals surface area contributed by atoms with Crippen LogP contribution in [0.25, 0.3) is 11.4 Å². The van der Waals surface area contributed by atoms with Gasteiger partial charge >= 0.3 is 5.91 Å². The maximum atomic E-state index is 13.9. The van der Waals surface area contributed by atoms with Crippen molar-refractivity contribution in [2.75, 3.05) is 4.90 Å². The molecule has 1 fully saturated rings. The zero-order chi connectivity index (χ0) is 32.7. The molecule has 1 saturated heterocycles. The average molecular weight is 680 g/mol. The summed E-state index contributed by atoms with van der Waals surface area (Å²) in [6.45, 7) is 3.73. The molecule has 47 heavy (non-hydrogen) atoms. The van der Waals surface area contributed by atoms with Crippen LogP contribution in [0.2, 0.25) is 5.02 Å². The second-order valence-corrected chi connectivity index (χ2v) is 13.5. The molecule has 1 amide bonds. The lowest BCUT2D eigenvalue weighted by Crippen LogP contribution is -2.29. The van der Waals surface area contributed by atoms with E-state index in [0.717, 1.165) is 11.1 Å². The fourth-order valence-corrected chi connectivity index (χ4v) is 7.43. The van der Waals surface area contributed by atoms with Gasteiger partial charge in [0, 0.05) is 17.0 Å². The number of hydrogen-bond donors (Lipinski definition) is 1. The molecule has 6 aromatic rings. The van der Waals surface area contributed by atoms with E-state index in [9.17, 15) is 14.7 Å². The Morgan fingerprint density at radius 1 is 0.957 bits per heavy atom. The average Bonchev–Trinajstić information content (AvgIpc) is 3.76. The lowest BCUT2D eigenvalue weighted by molar-refractivity contribution is -0.132. The van der Waals surface area contributed by atoms with Crippen molar-refractivity contribution in [3.05, 3.63) is 136 Å². The van der Waals surface area contributed by atoms with E-state index in [1.165, 1.54) is 28.0 Å². The summed E-state index contributed by atoms with van der Waals surface area (Å²) < 4.78 is 8.55. The van der Waals surface area contributed by atoms with Crippen molar-refractivity contribution in [3.8, 4) is 11.5 Å². The minimum atomic E-state index is -1.03. The first-order valence-electron chi connectivity index (χ1n) is 14.6. The summed E-state index contributed by atoms with van der Waals surface area (Å²) in [6.07, 6.45) is 1.84. The van der Waals surface area contributed by atoms with Gasteiger partial charge in [0.15, 0.2) is 10.1 Å². The molecule has 3 aromatic heterocycles. The van der Waals surface area contributed by atoms with Gasteiger partial charge in [0.25, 0.3) is 5.78 Å². The number of aryl methyl sites for hydroxylation is 2. The van der Waals surface area contributed by atoms with Gasteiger partial charge in [-0.1, -0.05) is 83.2 Å². The van der Waals surface area contributed by atoms with Crippen molar-refractivity contribution in [3.63, 3.8) is 0 Å². The minimum absolute atomic E-state index is 0.0958. The molecular formula is C35H26ClN5O4S2. The normalized spacial score (nSPS) is 15.9. The van der Waals surface area contributed by atoms with E-state index in [0.29, 0.717) is 43.5 Å². The quantitative estimate of drug-likeness (QED) is 0.0564. The number of aromatic nitrogens is 4. The van der Waals surface area contributed by atoms with E-state index in [1.54, 1.807) is 24.3 Å². The molecule has 1 aliphatic rings. The number of nitrogens with zero attached hydrogens (tertiary/aromatic N) is 5. The summed E-state index contributed by atoms with van der Waals surface area (Å²) in [5.41, 5.74) is 3.88. The second-order valence-electron chi connectivity index (χ2n) is 10.9. The molecule has 4 heterocycles. The smallest absolute Gasteiger partial charge is 0.301 e. The van der Waals surface area contributed by atoms with Crippen molar-refractivity contribution in [2.24, 2.45) is 0 Å². The highest BCUT2D eigenvalue weighted by Gasteiger charge is 2.49. The van der Waals surface area contributed by atoms with Crippen LogP contribution < -0.4 is 9.64 Å². The first-order valence-corrected chi connectivity index (χ1v) is 16.8. The Kier molecular flexibility index (Phi) is 8.27. The van der Waals surface area contributed by atoms with Gasteiger partial charge in [-0.25, -0.2) is 4.98 Å². The number of fused-ring (bicyclic) bond motifs is 1. The van der Waals surface area contributed by atoms with Crippen molar-refractivity contribution < 1.29 is 19.4 Å². The van der Waals surface area contributed by atoms with Crippen LogP contribution in [-0.4, -0.2) is 36.4 Å². The third-order valence-corrected chi connectivity index (χ3v) is 10.2. The van der Waals surface area contributed by atoms with Crippen molar-refractivity contribution in [1.29, 1.82) is 0 Å². The van der Waals surface area contributed by atoms with Crippen LogP contribution >= 0.6 is 34.7 Å². The Hall–Kier alpha value is -4.97. The molecule has 0 spiro atoms. The number of anilines is 1. The molecule has 1 N–H and O–H groups in total. The van der Waals surface area contributed by atoms with Crippen LogP contribution in [0.1, 0.15) is 34.1 Å². The predicted molar refractivity (Wildman–Crippen MR) is 183 cm³/mol. The summed E-state index contributed by atoms with van der Waals surface area (Å²) in [4.78, 5) is 33.7. The van der Waals surface area contributed by atoms with Crippen LogP contribution in [0.4, 0.5) is 5.13 Å². The number of imidazole rings is 1. The molecule has 0 saturated carbocycles. The Bertz CT molecular complexity index is 2180. The molecule has 0 aliphatic carbocycles. The monoisotopic (exact) mass is 679 g/mol. The number of para-hydroxylation sites is 1. The number of benzene rings is 3. The third-order valence-electron chi connectivity index (χ3n) is 7.78. The fraction of sp³-hybridized carbons (Fsp3) is 0.114. The summed E-state index contributed by atoms with van der Waals surface area (Å²) in [7, 11) is 0.